The van der Waals surface area contributed by atoms with Crippen LogP contribution < -0.4 is 9.62 Å². The van der Waals surface area contributed by atoms with Crippen LogP contribution in [-0.4, -0.2) is 20.9 Å². The molecule has 4 rings (SSSR count). The predicted molar refractivity (Wildman–Crippen MR) is 102 cm³/mol. The predicted octanol–water partition coefficient (Wildman–Crippen LogP) is 3.33. The van der Waals surface area contributed by atoms with E-state index in [4.69, 9.17) is 0 Å². The van der Waals surface area contributed by atoms with E-state index in [1.165, 1.54) is 0 Å². The van der Waals surface area contributed by atoms with Crippen LogP contribution in [0.2, 0.25) is 0 Å². The summed E-state index contributed by atoms with van der Waals surface area (Å²) in [5, 5.41) is 0. The maximum absolute atomic E-state index is 12.9. The van der Waals surface area contributed by atoms with Crippen molar-refractivity contribution in [3.8, 4) is 0 Å². The molecule has 2 heterocycles. The molecule has 6 heteroatoms. The Bertz CT molecular complexity index is 995. The molecule has 2 aromatic carbocycles. The summed E-state index contributed by atoms with van der Waals surface area (Å²) in [6, 6.07) is 9.08. The topological polar surface area (TPSA) is 66.5 Å². The Labute approximate surface area is 154 Å². The van der Waals surface area contributed by atoms with Crippen LogP contribution in [0.15, 0.2) is 35.2 Å². The van der Waals surface area contributed by atoms with Crippen molar-refractivity contribution in [2.45, 2.75) is 44.4 Å². The highest BCUT2D eigenvalue weighted by atomic mass is 32.2. The van der Waals surface area contributed by atoms with Crippen molar-refractivity contribution in [2.75, 3.05) is 16.2 Å². The molecule has 0 bridgehead atoms. The van der Waals surface area contributed by atoms with E-state index in [9.17, 15) is 13.2 Å². The number of hydrogen-bond donors (Lipinski definition) is 1. The zero-order valence-corrected chi connectivity index (χ0v) is 15.8. The number of benzene rings is 2. The van der Waals surface area contributed by atoms with Gasteiger partial charge in [0.1, 0.15) is 0 Å². The van der Waals surface area contributed by atoms with Crippen molar-refractivity contribution in [1.82, 2.24) is 0 Å². The lowest BCUT2D eigenvalue weighted by atomic mass is 9.91. The largest absolute Gasteiger partial charge is 0.312 e. The normalized spacial score (nSPS) is 16.4. The van der Waals surface area contributed by atoms with Gasteiger partial charge in [-0.1, -0.05) is 17.7 Å². The second-order valence-corrected chi connectivity index (χ2v) is 8.82. The van der Waals surface area contributed by atoms with Gasteiger partial charge >= 0.3 is 0 Å². The number of sulfonamides is 1. The van der Waals surface area contributed by atoms with E-state index in [0.717, 1.165) is 47.3 Å². The number of carbonyl (C=O) groups excluding carboxylic acids is 1. The quantitative estimate of drug-likeness (QED) is 0.901. The standard InChI is InChI=1S/C20H22N2O3S/c1-13-5-7-18(14(2)10-13)26(24,25)21-17-11-15-4-3-9-22-19(23)8-6-16(12-17)20(15)22/h5,7,10-12,21H,3-4,6,8-9H2,1-2H3. The first-order valence-corrected chi connectivity index (χ1v) is 10.4. The van der Waals surface area contributed by atoms with Crippen LogP contribution in [0.4, 0.5) is 11.4 Å². The first-order valence-electron chi connectivity index (χ1n) is 8.91. The van der Waals surface area contributed by atoms with Gasteiger partial charge in [-0.05, 0) is 68.0 Å². The van der Waals surface area contributed by atoms with Gasteiger partial charge in [0, 0.05) is 18.7 Å². The molecule has 1 amide bonds. The minimum atomic E-state index is -3.65. The van der Waals surface area contributed by atoms with Gasteiger partial charge in [-0.2, -0.15) is 0 Å². The number of rotatable bonds is 3. The fraction of sp³-hybridized carbons (Fsp3) is 0.350. The van der Waals surface area contributed by atoms with Crippen LogP contribution in [0.5, 0.6) is 0 Å². The van der Waals surface area contributed by atoms with Gasteiger partial charge in [0.25, 0.3) is 10.0 Å². The van der Waals surface area contributed by atoms with Crippen LogP contribution in [0.3, 0.4) is 0 Å². The third-order valence-corrected chi connectivity index (χ3v) is 6.69. The monoisotopic (exact) mass is 370 g/mol. The van der Waals surface area contributed by atoms with Crippen LogP contribution in [0.25, 0.3) is 0 Å². The lowest BCUT2D eigenvalue weighted by molar-refractivity contribution is -0.119. The summed E-state index contributed by atoms with van der Waals surface area (Å²) in [5.74, 6) is 0.169. The SMILES string of the molecule is Cc1ccc(S(=O)(=O)Nc2cc3c4c(c2)CCC(=O)N4CCC3)c(C)c1. The van der Waals surface area contributed by atoms with Crippen molar-refractivity contribution in [3.63, 3.8) is 0 Å². The second kappa shape index (κ2) is 6.13. The Morgan fingerprint density at radius 3 is 2.46 bits per heavy atom. The highest BCUT2D eigenvalue weighted by molar-refractivity contribution is 7.92. The van der Waals surface area contributed by atoms with Gasteiger partial charge in [0.15, 0.2) is 0 Å². The van der Waals surface area contributed by atoms with E-state index in [1.54, 1.807) is 6.07 Å². The molecule has 0 aromatic heterocycles. The van der Waals surface area contributed by atoms with Gasteiger partial charge in [-0.15, -0.1) is 0 Å². The molecule has 2 aromatic rings. The van der Waals surface area contributed by atoms with Crippen LogP contribution >= 0.6 is 0 Å². The molecular formula is C20H22N2O3S. The average molecular weight is 370 g/mol. The molecule has 1 N–H and O–H groups in total. The third kappa shape index (κ3) is 2.88. The summed E-state index contributed by atoms with van der Waals surface area (Å²) in [6.45, 7) is 4.51. The summed E-state index contributed by atoms with van der Waals surface area (Å²) in [5.41, 5.74) is 5.45. The molecule has 0 spiro atoms. The molecule has 0 fully saturated rings. The molecule has 5 nitrogen and oxygen atoms in total. The van der Waals surface area contributed by atoms with Gasteiger partial charge in [-0.3, -0.25) is 9.52 Å². The number of nitrogens with one attached hydrogen (secondary N) is 1. The van der Waals surface area contributed by atoms with Crippen molar-refractivity contribution >= 4 is 27.3 Å². The molecule has 2 aliphatic heterocycles. The van der Waals surface area contributed by atoms with E-state index in [0.29, 0.717) is 23.4 Å². The maximum Gasteiger partial charge on any atom is 0.262 e. The molecule has 0 saturated carbocycles. The van der Waals surface area contributed by atoms with Crippen molar-refractivity contribution < 1.29 is 13.2 Å². The molecule has 0 radical (unpaired) electrons. The smallest absolute Gasteiger partial charge is 0.262 e. The van der Waals surface area contributed by atoms with Gasteiger partial charge in [0.05, 0.1) is 10.6 Å². The van der Waals surface area contributed by atoms with Crippen molar-refractivity contribution in [3.05, 3.63) is 52.6 Å². The van der Waals surface area contributed by atoms with Crippen LogP contribution in [-0.2, 0) is 27.7 Å². The zero-order valence-electron chi connectivity index (χ0n) is 15.0. The van der Waals surface area contributed by atoms with E-state index in [-0.39, 0.29) is 5.91 Å². The fourth-order valence-electron chi connectivity index (χ4n) is 4.02. The molecular weight excluding hydrogens is 348 g/mol. The molecule has 26 heavy (non-hydrogen) atoms. The minimum Gasteiger partial charge on any atom is -0.312 e. The van der Waals surface area contributed by atoms with Crippen molar-refractivity contribution in [1.29, 1.82) is 0 Å². The molecule has 0 atom stereocenters. The molecule has 0 unspecified atom stereocenters. The Hall–Kier alpha value is -2.34. The third-order valence-electron chi connectivity index (χ3n) is 5.15. The Morgan fingerprint density at radius 1 is 1.00 bits per heavy atom. The summed E-state index contributed by atoms with van der Waals surface area (Å²) in [6.07, 6.45) is 2.92. The zero-order chi connectivity index (χ0) is 18.5. The lowest BCUT2D eigenvalue weighted by Gasteiger charge is -2.35. The molecule has 2 aliphatic rings. The summed E-state index contributed by atoms with van der Waals surface area (Å²) < 4.78 is 28.5. The Kier molecular flexibility index (Phi) is 4.03. The molecule has 0 saturated heterocycles. The minimum absolute atomic E-state index is 0.169. The Morgan fingerprint density at radius 2 is 1.73 bits per heavy atom. The molecule has 136 valence electrons. The van der Waals surface area contributed by atoms with E-state index >= 15 is 0 Å². The number of nitrogens with zero attached hydrogens (tertiary/aromatic N) is 1. The number of hydrogen-bond acceptors (Lipinski definition) is 3. The van der Waals surface area contributed by atoms with E-state index < -0.39 is 10.0 Å². The molecule has 0 aliphatic carbocycles. The van der Waals surface area contributed by atoms with Crippen molar-refractivity contribution in [2.24, 2.45) is 0 Å². The first kappa shape index (κ1) is 17.1. The highest BCUT2D eigenvalue weighted by Gasteiger charge is 2.30. The van der Waals surface area contributed by atoms with Gasteiger partial charge in [-0.25, -0.2) is 8.42 Å². The van der Waals surface area contributed by atoms with Gasteiger partial charge in [0.2, 0.25) is 5.91 Å². The lowest BCUT2D eigenvalue weighted by Crippen LogP contribution is -2.39. The highest BCUT2D eigenvalue weighted by Crippen LogP contribution is 2.38. The maximum atomic E-state index is 12.9. The number of amides is 1. The summed E-state index contributed by atoms with van der Waals surface area (Å²) >= 11 is 0. The summed E-state index contributed by atoms with van der Waals surface area (Å²) in [7, 11) is -3.65. The number of carbonyl (C=O) groups is 1. The van der Waals surface area contributed by atoms with Gasteiger partial charge < -0.3 is 4.90 Å². The van der Waals surface area contributed by atoms with E-state index in [2.05, 4.69) is 4.72 Å². The number of aryl methyl sites for hydroxylation is 4. The summed E-state index contributed by atoms with van der Waals surface area (Å²) in [4.78, 5) is 14.3. The Balaban J connectivity index is 1.72. The van der Waals surface area contributed by atoms with E-state index in [1.807, 2.05) is 43.0 Å². The second-order valence-electron chi connectivity index (χ2n) is 7.17. The average Bonchev–Trinajstić information content (AvgIpc) is 2.57. The first-order chi connectivity index (χ1) is 12.3. The van der Waals surface area contributed by atoms with Crippen LogP contribution in [0, 0.1) is 13.8 Å². The van der Waals surface area contributed by atoms with Crippen LogP contribution in [0.1, 0.15) is 35.1 Å². The fourth-order valence-corrected chi connectivity index (χ4v) is 5.29. The number of anilines is 2.